The van der Waals surface area contributed by atoms with E-state index in [1.165, 1.54) is 12.8 Å². The van der Waals surface area contributed by atoms with E-state index in [1.54, 1.807) is 0 Å². The highest BCUT2D eigenvalue weighted by molar-refractivity contribution is 5.20. The maximum Gasteiger partial charge on any atom is 0.0692 e. The van der Waals surface area contributed by atoms with Crippen molar-refractivity contribution < 1.29 is 9.84 Å². The summed E-state index contributed by atoms with van der Waals surface area (Å²) in [6.07, 6.45) is 8.41. The molecule has 0 amide bonds. The molecule has 1 unspecified atom stereocenters. The van der Waals surface area contributed by atoms with Crippen molar-refractivity contribution in [1.82, 2.24) is 4.98 Å². The molecule has 1 aromatic heterocycles. The predicted molar refractivity (Wildman–Crippen MR) is 69.4 cm³/mol. The second-order valence-electron chi connectivity index (χ2n) is 5.82. The van der Waals surface area contributed by atoms with Gasteiger partial charge in [0.15, 0.2) is 0 Å². The number of hydrogen-bond donors (Lipinski definition) is 1. The van der Waals surface area contributed by atoms with Crippen molar-refractivity contribution >= 4 is 0 Å². The predicted octanol–water partition coefficient (Wildman–Crippen LogP) is 2.43. The first-order chi connectivity index (χ1) is 8.79. The Balaban J connectivity index is 1.91. The molecule has 1 saturated heterocycles. The SMILES string of the molecule is OCC1(c2ccccn2)CCOC2(CCCC2)C1. The van der Waals surface area contributed by atoms with Crippen LogP contribution in [0.25, 0.3) is 0 Å². The molecule has 0 aromatic carbocycles. The third-order valence-electron chi connectivity index (χ3n) is 4.68. The summed E-state index contributed by atoms with van der Waals surface area (Å²) in [5.41, 5.74) is 0.851. The topological polar surface area (TPSA) is 42.4 Å². The van der Waals surface area contributed by atoms with E-state index in [0.717, 1.165) is 38.0 Å². The molecule has 1 atom stereocenters. The zero-order chi connectivity index (χ0) is 12.5. The highest BCUT2D eigenvalue weighted by Crippen LogP contribution is 2.47. The molecule has 0 bridgehead atoms. The summed E-state index contributed by atoms with van der Waals surface area (Å²) in [6.45, 7) is 0.923. The van der Waals surface area contributed by atoms with Crippen molar-refractivity contribution in [1.29, 1.82) is 0 Å². The van der Waals surface area contributed by atoms with Crippen LogP contribution >= 0.6 is 0 Å². The fourth-order valence-electron chi connectivity index (χ4n) is 3.67. The van der Waals surface area contributed by atoms with E-state index in [2.05, 4.69) is 4.98 Å². The molecule has 98 valence electrons. The summed E-state index contributed by atoms with van der Waals surface area (Å²) in [7, 11) is 0. The molecule has 3 nitrogen and oxygen atoms in total. The Kier molecular flexibility index (Phi) is 3.12. The van der Waals surface area contributed by atoms with E-state index in [4.69, 9.17) is 4.74 Å². The molecule has 0 radical (unpaired) electrons. The molecule has 1 aliphatic heterocycles. The summed E-state index contributed by atoms with van der Waals surface area (Å²) >= 11 is 0. The molecule has 1 aromatic rings. The zero-order valence-electron chi connectivity index (χ0n) is 10.8. The number of aliphatic hydroxyl groups excluding tert-OH is 1. The zero-order valence-corrected chi connectivity index (χ0v) is 10.8. The van der Waals surface area contributed by atoms with Gasteiger partial charge in [0.25, 0.3) is 0 Å². The van der Waals surface area contributed by atoms with Gasteiger partial charge in [0.1, 0.15) is 0 Å². The fourth-order valence-corrected chi connectivity index (χ4v) is 3.67. The van der Waals surface area contributed by atoms with Crippen molar-refractivity contribution in [2.75, 3.05) is 13.2 Å². The number of pyridine rings is 1. The summed E-state index contributed by atoms with van der Waals surface area (Å²) < 4.78 is 6.07. The normalized spacial score (nSPS) is 30.7. The van der Waals surface area contributed by atoms with Crippen LogP contribution < -0.4 is 0 Å². The fraction of sp³-hybridized carbons (Fsp3) is 0.667. The van der Waals surface area contributed by atoms with E-state index in [1.807, 2.05) is 24.4 Å². The highest BCUT2D eigenvalue weighted by Gasteiger charge is 2.48. The Morgan fingerprint density at radius 1 is 1.22 bits per heavy atom. The van der Waals surface area contributed by atoms with Gasteiger partial charge in [-0.1, -0.05) is 18.9 Å². The molecule has 18 heavy (non-hydrogen) atoms. The van der Waals surface area contributed by atoms with Crippen LogP contribution in [-0.4, -0.2) is 28.9 Å². The van der Waals surface area contributed by atoms with Crippen molar-refractivity contribution in [3.8, 4) is 0 Å². The van der Waals surface area contributed by atoms with E-state index in [-0.39, 0.29) is 17.6 Å². The van der Waals surface area contributed by atoms with E-state index >= 15 is 0 Å². The third-order valence-corrected chi connectivity index (χ3v) is 4.68. The van der Waals surface area contributed by atoms with Gasteiger partial charge < -0.3 is 9.84 Å². The third kappa shape index (κ3) is 1.95. The maximum absolute atomic E-state index is 9.94. The molecule has 3 heteroatoms. The van der Waals surface area contributed by atoms with Crippen LogP contribution in [0, 0.1) is 0 Å². The highest BCUT2D eigenvalue weighted by atomic mass is 16.5. The van der Waals surface area contributed by atoms with Gasteiger partial charge in [-0.2, -0.15) is 0 Å². The quantitative estimate of drug-likeness (QED) is 0.872. The monoisotopic (exact) mass is 247 g/mol. The molecule has 1 saturated carbocycles. The summed E-state index contributed by atoms with van der Waals surface area (Å²) in [4.78, 5) is 4.48. The lowest BCUT2D eigenvalue weighted by atomic mass is 9.70. The van der Waals surface area contributed by atoms with Gasteiger partial charge in [-0.15, -0.1) is 0 Å². The number of aromatic nitrogens is 1. The smallest absolute Gasteiger partial charge is 0.0692 e. The first kappa shape index (κ1) is 12.1. The second-order valence-corrected chi connectivity index (χ2v) is 5.82. The van der Waals surface area contributed by atoms with Crippen LogP contribution in [-0.2, 0) is 10.2 Å². The van der Waals surface area contributed by atoms with Crippen LogP contribution in [0.3, 0.4) is 0 Å². The summed E-state index contributed by atoms with van der Waals surface area (Å²) in [6, 6.07) is 5.99. The van der Waals surface area contributed by atoms with Gasteiger partial charge in [0.05, 0.1) is 12.2 Å². The van der Waals surface area contributed by atoms with Crippen molar-refractivity contribution in [3.05, 3.63) is 30.1 Å². The number of hydrogen-bond acceptors (Lipinski definition) is 3. The lowest BCUT2D eigenvalue weighted by Crippen LogP contribution is -2.48. The first-order valence-electron chi connectivity index (χ1n) is 6.95. The standard InChI is InChI=1S/C15H21NO2/c17-12-14(13-5-1-4-9-16-13)8-10-18-15(11-14)6-2-3-7-15/h1,4-5,9,17H,2-3,6-8,10-12H2. The van der Waals surface area contributed by atoms with Crippen LogP contribution in [0.5, 0.6) is 0 Å². The largest absolute Gasteiger partial charge is 0.395 e. The van der Waals surface area contributed by atoms with Gasteiger partial charge in [-0.05, 0) is 37.8 Å². The van der Waals surface area contributed by atoms with Gasteiger partial charge in [0, 0.05) is 23.9 Å². The lowest BCUT2D eigenvalue weighted by Gasteiger charge is -2.45. The Morgan fingerprint density at radius 3 is 2.72 bits per heavy atom. The van der Waals surface area contributed by atoms with Gasteiger partial charge >= 0.3 is 0 Å². The van der Waals surface area contributed by atoms with Crippen LogP contribution in [0.15, 0.2) is 24.4 Å². The molecule has 1 aliphatic carbocycles. The second kappa shape index (κ2) is 4.63. The molecule has 3 rings (SSSR count). The number of aliphatic hydroxyl groups is 1. The molecular formula is C15H21NO2. The maximum atomic E-state index is 9.94. The summed E-state index contributed by atoms with van der Waals surface area (Å²) in [5, 5.41) is 9.94. The summed E-state index contributed by atoms with van der Waals surface area (Å²) in [5.74, 6) is 0. The van der Waals surface area contributed by atoms with E-state index in [9.17, 15) is 5.11 Å². The van der Waals surface area contributed by atoms with Gasteiger partial charge in [-0.3, -0.25) is 4.98 Å². The lowest BCUT2D eigenvalue weighted by molar-refractivity contribution is -0.111. The molecule has 1 spiro atoms. The van der Waals surface area contributed by atoms with E-state index < -0.39 is 0 Å². The minimum absolute atomic E-state index is 0.0124. The average molecular weight is 247 g/mol. The van der Waals surface area contributed by atoms with E-state index in [0.29, 0.717) is 0 Å². The Hall–Kier alpha value is -0.930. The minimum Gasteiger partial charge on any atom is -0.395 e. The van der Waals surface area contributed by atoms with Crippen LogP contribution in [0.4, 0.5) is 0 Å². The van der Waals surface area contributed by atoms with Gasteiger partial charge in [0.2, 0.25) is 0 Å². The molecule has 2 aliphatic rings. The van der Waals surface area contributed by atoms with Gasteiger partial charge in [-0.25, -0.2) is 0 Å². The Morgan fingerprint density at radius 2 is 2.06 bits per heavy atom. The van der Waals surface area contributed by atoms with Crippen molar-refractivity contribution in [2.24, 2.45) is 0 Å². The number of nitrogens with zero attached hydrogens (tertiary/aromatic N) is 1. The van der Waals surface area contributed by atoms with Crippen molar-refractivity contribution in [3.63, 3.8) is 0 Å². The average Bonchev–Trinajstić information content (AvgIpc) is 2.87. The number of ether oxygens (including phenoxy) is 1. The van der Waals surface area contributed by atoms with Crippen LogP contribution in [0.1, 0.15) is 44.2 Å². The molecule has 1 N–H and O–H groups in total. The molecular weight excluding hydrogens is 226 g/mol. The number of rotatable bonds is 2. The minimum atomic E-state index is -0.191. The molecule has 2 heterocycles. The van der Waals surface area contributed by atoms with Crippen molar-refractivity contribution in [2.45, 2.75) is 49.5 Å². The Bertz CT molecular complexity index is 400. The van der Waals surface area contributed by atoms with Crippen LogP contribution in [0.2, 0.25) is 0 Å². The molecule has 2 fully saturated rings. The Labute approximate surface area is 108 Å². The first-order valence-corrected chi connectivity index (χ1v) is 6.95.